The Kier molecular flexibility index (Phi) is 4.57. The van der Waals surface area contributed by atoms with Gasteiger partial charge in [-0.25, -0.2) is 0 Å². The lowest BCUT2D eigenvalue weighted by atomic mass is 10.1. The number of carbonyl (C=O) groups excluding carboxylic acids is 1. The van der Waals surface area contributed by atoms with Crippen molar-refractivity contribution in [3.8, 4) is 5.75 Å². The SMILES string of the molecule is Cc1nn(C)c(C)c1OCC(=O)N(C)CC(C)(C)O. The van der Waals surface area contributed by atoms with Gasteiger partial charge in [0.2, 0.25) is 0 Å². The van der Waals surface area contributed by atoms with E-state index in [0.717, 1.165) is 11.4 Å². The van der Waals surface area contributed by atoms with Crippen LogP contribution < -0.4 is 4.74 Å². The quantitative estimate of drug-likeness (QED) is 0.852. The molecule has 0 spiro atoms. The molecule has 0 atom stereocenters. The molecule has 6 nitrogen and oxygen atoms in total. The number of carbonyl (C=O) groups is 1. The molecular formula is C13H23N3O3. The molecule has 0 aliphatic heterocycles. The van der Waals surface area contributed by atoms with Crippen LogP contribution in [0.3, 0.4) is 0 Å². The number of hydrogen-bond donors (Lipinski definition) is 1. The third-order valence-corrected chi connectivity index (χ3v) is 2.83. The van der Waals surface area contributed by atoms with Gasteiger partial charge in [0.05, 0.1) is 11.3 Å². The lowest BCUT2D eigenvalue weighted by Gasteiger charge is -2.25. The molecule has 1 heterocycles. The van der Waals surface area contributed by atoms with E-state index in [1.54, 1.807) is 25.6 Å². The van der Waals surface area contributed by atoms with Crippen molar-refractivity contribution in [2.75, 3.05) is 20.2 Å². The van der Waals surface area contributed by atoms with Crippen LogP contribution in [-0.4, -0.2) is 51.5 Å². The first-order valence-electron chi connectivity index (χ1n) is 6.21. The summed E-state index contributed by atoms with van der Waals surface area (Å²) in [5.41, 5.74) is 0.734. The predicted molar refractivity (Wildman–Crippen MR) is 72.1 cm³/mol. The molecular weight excluding hydrogens is 246 g/mol. The number of aliphatic hydroxyl groups is 1. The summed E-state index contributed by atoms with van der Waals surface area (Å²) in [6.45, 7) is 7.26. The Balaban J connectivity index is 2.59. The minimum Gasteiger partial charge on any atom is -0.480 e. The summed E-state index contributed by atoms with van der Waals surface area (Å²) in [6, 6.07) is 0. The van der Waals surface area contributed by atoms with E-state index >= 15 is 0 Å². The first-order chi connectivity index (χ1) is 8.61. The maximum absolute atomic E-state index is 11.9. The second kappa shape index (κ2) is 5.61. The van der Waals surface area contributed by atoms with Gasteiger partial charge in [-0.05, 0) is 27.7 Å². The summed E-state index contributed by atoms with van der Waals surface area (Å²) >= 11 is 0. The van der Waals surface area contributed by atoms with Gasteiger partial charge in [0.15, 0.2) is 12.4 Å². The van der Waals surface area contributed by atoms with Gasteiger partial charge in [0, 0.05) is 20.6 Å². The van der Waals surface area contributed by atoms with Gasteiger partial charge in [-0.15, -0.1) is 0 Å². The van der Waals surface area contributed by atoms with E-state index in [2.05, 4.69) is 5.10 Å². The highest BCUT2D eigenvalue weighted by Crippen LogP contribution is 2.21. The molecule has 0 bridgehead atoms. The molecule has 0 aromatic carbocycles. The average molecular weight is 269 g/mol. The minimum atomic E-state index is -0.912. The number of likely N-dealkylation sites (N-methyl/N-ethyl adjacent to an activating group) is 1. The first-order valence-corrected chi connectivity index (χ1v) is 6.21. The Morgan fingerprint density at radius 1 is 1.47 bits per heavy atom. The van der Waals surface area contributed by atoms with Gasteiger partial charge in [-0.3, -0.25) is 9.48 Å². The zero-order valence-corrected chi connectivity index (χ0v) is 12.5. The van der Waals surface area contributed by atoms with Gasteiger partial charge >= 0.3 is 0 Å². The molecule has 108 valence electrons. The van der Waals surface area contributed by atoms with Gasteiger partial charge < -0.3 is 14.7 Å². The number of rotatable bonds is 5. The van der Waals surface area contributed by atoms with Crippen LogP contribution >= 0.6 is 0 Å². The van der Waals surface area contributed by atoms with Crippen molar-refractivity contribution < 1.29 is 14.6 Å². The fourth-order valence-electron chi connectivity index (χ4n) is 1.88. The number of amides is 1. The normalized spacial score (nSPS) is 11.5. The summed E-state index contributed by atoms with van der Waals surface area (Å²) in [4.78, 5) is 13.3. The third-order valence-electron chi connectivity index (χ3n) is 2.83. The first kappa shape index (κ1) is 15.5. The molecule has 1 amide bonds. The van der Waals surface area contributed by atoms with Crippen LogP contribution in [0.5, 0.6) is 5.75 Å². The lowest BCUT2D eigenvalue weighted by molar-refractivity contribution is -0.134. The van der Waals surface area contributed by atoms with E-state index < -0.39 is 5.60 Å². The standard InChI is InChI=1S/C13H23N3O3/c1-9-12(10(2)16(6)14-9)19-7-11(17)15(5)8-13(3,4)18/h18H,7-8H2,1-6H3. The van der Waals surface area contributed by atoms with Crippen LogP contribution in [0, 0.1) is 13.8 Å². The molecule has 0 saturated carbocycles. The van der Waals surface area contributed by atoms with Crippen molar-refractivity contribution in [3.63, 3.8) is 0 Å². The third kappa shape index (κ3) is 4.24. The number of ether oxygens (including phenoxy) is 1. The van der Waals surface area contributed by atoms with E-state index in [-0.39, 0.29) is 19.1 Å². The molecule has 19 heavy (non-hydrogen) atoms. The Bertz CT molecular complexity index is 460. The summed E-state index contributed by atoms with van der Waals surface area (Å²) in [6.07, 6.45) is 0. The zero-order valence-electron chi connectivity index (χ0n) is 12.5. The second-order valence-corrected chi connectivity index (χ2v) is 5.47. The Labute approximate surface area is 114 Å². The summed E-state index contributed by atoms with van der Waals surface area (Å²) in [7, 11) is 3.48. The fraction of sp³-hybridized carbons (Fsp3) is 0.692. The van der Waals surface area contributed by atoms with Crippen LogP contribution in [0.1, 0.15) is 25.2 Å². The van der Waals surface area contributed by atoms with Crippen LogP contribution in [0.15, 0.2) is 0 Å². The van der Waals surface area contributed by atoms with Crippen molar-refractivity contribution in [2.24, 2.45) is 7.05 Å². The topological polar surface area (TPSA) is 67.6 Å². The molecule has 1 aromatic heterocycles. The van der Waals surface area contributed by atoms with Crippen molar-refractivity contribution >= 4 is 5.91 Å². The molecule has 1 N–H and O–H groups in total. The van der Waals surface area contributed by atoms with Crippen molar-refractivity contribution in [2.45, 2.75) is 33.3 Å². The van der Waals surface area contributed by atoms with Crippen LogP contribution in [0.2, 0.25) is 0 Å². The lowest BCUT2D eigenvalue weighted by Crippen LogP contribution is -2.41. The minimum absolute atomic E-state index is 0.0556. The van der Waals surface area contributed by atoms with Crippen molar-refractivity contribution in [3.05, 3.63) is 11.4 Å². The van der Waals surface area contributed by atoms with Crippen LogP contribution in [0.4, 0.5) is 0 Å². The van der Waals surface area contributed by atoms with Crippen LogP contribution in [0.25, 0.3) is 0 Å². The van der Waals surface area contributed by atoms with Gasteiger partial charge in [0.25, 0.3) is 5.91 Å². The van der Waals surface area contributed by atoms with Gasteiger partial charge in [0.1, 0.15) is 5.69 Å². The second-order valence-electron chi connectivity index (χ2n) is 5.47. The number of aromatic nitrogens is 2. The Morgan fingerprint density at radius 2 is 2.05 bits per heavy atom. The van der Waals surface area contributed by atoms with Crippen molar-refractivity contribution in [1.82, 2.24) is 14.7 Å². The largest absolute Gasteiger partial charge is 0.480 e. The molecule has 1 rings (SSSR count). The molecule has 0 unspecified atom stereocenters. The van der Waals surface area contributed by atoms with Gasteiger partial charge in [-0.1, -0.05) is 0 Å². The Morgan fingerprint density at radius 3 is 2.47 bits per heavy atom. The Hall–Kier alpha value is -1.56. The molecule has 0 saturated heterocycles. The molecule has 0 radical (unpaired) electrons. The summed E-state index contributed by atoms with van der Waals surface area (Å²) in [5, 5.41) is 13.9. The number of aryl methyl sites for hydroxylation is 2. The molecule has 0 aliphatic rings. The maximum atomic E-state index is 11.9. The van der Waals surface area contributed by atoms with E-state index in [4.69, 9.17) is 4.74 Å². The summed E-state index contributed by atoms with van der Waals surface area (Å²) < 4.78 is 7.25. The smallest absolute Gasteiger partial charge is 0.260 e. The highest BCUT2D eigenvalue weighted by molar-refractivity contribution is 5.77. The monoisotopic (exact) mass is 269 g/mol. The predicted octanol–water partition coefficient (Wildman–Crippen LogP) is 0.645. The highest BCUT2D eigenvalue weighted by atomic mass is 16.5. The summed E-state index contributed by atoms with van der Waals surface area (Å²) in [5.74, 6) is 0.470. The number of nitrogens with zero attached hydrogens (tertiary/aromatic N) is 3. The van der Waals surface area contributed by atoms with Crippen molar-refractivity contribution in [1.29, 1.82) is 0 Å². The van der Waals surface area contributed by atoms with E-state index in [9.17, 15) is 9.90 Å². The molecule has 0 fully saturated rings. The molecule has 6 heteroatoms. The maximum Gasteiger partial charge on any atom is 0.260 e. The highest BCUT2D eigenvalue weighted by Gasteiger charge is 2.20. The zero-order chi connectivity index (χ0) is 14.8. The molecule has 0 aliphatic carbocycles. The van der Waals surface area contributed by atoms with E-state index in [0.29, 0.717) is 5.75 Å². The fourth-order valence-corrected chi connectivity index (χ4v) is 1.88. The van der Waals surface area contributed by atoms with E-state index in [1.165, 1.54) is 4.90 Å². The van der Waals surface area contributed by atoms with Gasteiger partial charge in [-0.2, -0.15) is 5.10 Å². The number of hydrogen-bond acceptors (Lipinski definition) is 4. The average Bonchev–Trinajstić information content (AvgIpc) is 2.48. The molecule has 1 aromatic rings. The van der Waals surface area contributed by atoms with E-state index in [1.807, 2.05) is 20.9 Å². The van der Waals surface area contributed by atoms with Crippen LogP contribution in [-0.2, 0) is 11.8 Å².